The Balaban J connectivity index is 2.09. The molecule has 0 aliphatic heterocycles. The van der Waals surface area contributed by atoms with E-state index in [1.807, 2.05) is 0 Å². The molecule has 0 aromatic carbocycles. The number of fused-ring (bicyclic) bond motifs is 3. The zero-order valence-electron chi connectivity index (χ0n) is 8.56. The molecular weight excluding hydrogens is 160 g/mol. The van der Waals surface area contributed by atoms with Crippen molar-refractivity contribution in [3.8, 4) is 0 Å². The highest BCUT2D eigenvalue weighted by molar-refractivity contribution is 6.77. The molecule has 68 valence electrons. The van der Waals surface area contributed by atoms with E-state index in [-0.39, 0.29) is 0 Å². The van der Waals surface area contributed by atoms with Crippen LogP contribution >= 0.6 is 0 Å². The second kappa shape index (κ2) is 2.86. The normalized spacial score (nSPS) is 41.8. The molecule has 3 rings (SSSR count). The zero-order chi connectivity index (χ0) is 8.77. The van der Waals surface area contributed by atoms with E-state index in [0.29, 0.717) is 0 Å². The molecule has 3 fully saturated rings. The summed E-state index contributed by atoms with van der Waals surface area (Å²) in [7, 11) is -0.873. The van der Waals surface area contributed by atoms with Gasteiger partial charge in [-0.25, -0.2) is 0 Å². The SMILES string of the molecule is C[Si](C)(C)[C@@H]1C[C@@H]2C[C][C@H]1CC2. The molecule has 0 N–H and O–H groups in total. The van der Waals surface area contributed by atoms with E-state index < -0.39 is 8.07 Å². The monoisotopic (exact) mass is 180 g/mol. The number of hydrogen-bond acceptors (Lipinski definition) is 0. The van der Waals surface area contributed by atoms with Gasteiger partial charge < -0.3 is 0 Å². The van der Waals surface area contributed by atoms with Gasteiger partial charge in [0.1, 0.15) is 0 Å². The van der Waals surface area contributed by atoms with Crippen LogP contribution in [0.3, 0.4) is 0 Å². The minimum absolute atomic E-state index is 0.873. The fraction of sp³-hybridized carbons (Fsp3) is 0.909. The lowest BCUT2D eigenvalue weighted by molar-refractivity contribution is 0.229. The molecule has 0 unspecified atom stereocenters. The average molecular weight is 180 g/mol. The fourth-order valence-corrected chi connectivity index (χ4v) is 5.49. The first kappa shape index (κ1) is 8.80. The zero-order valence-corrected chi connectivity index (χ0v) is 9.56. The second-order valence-corrected chi connectivity index (χ2v) is 11.1. The Morgan fingerprint density at radius 1 is 1.17 bits per heavy atom. The summed E-state index contributed by atoms with van der Waals surface area (Å²) in [6.45, 7) is 7.58. The molecular formula is C11H20Si. The molecule has 0 aromatic heterocycles. The van der Waals surface area contributed by atoms with Gasteiger partial charge in [-0.05, 0) is 43.1 Å². The van der Waals surface area contributed by atoms with Crippen molar-refractivity contribution in [2.24, 2.45) is 11.8 Å². The van der Waals surface area contributed by atoms with Crippen molar-refractivity contribution < 1.29 is 0 Å². The van der Waals surface area contributed by atoms with E-state index >= 15 is 0 Å². The third kappa shape index (κ3) is 1.48. The average Bonchev–Trinajstić information content (AvgIpc) is 2.05. The minimum atomic E-state index is -0.873. The molecule has 3 aliphatic carbocycles. The van der Waals surface area contributed by atoms with Gasteiger partial charge in [0, 0.05) is 8.07 Å². The van der Waals surface area contributed by atoms with Gasteiger partial charge in [-0.1, -0.05) is 26.1 Å². The van der Waals surface area contributed by atoms with Gasteiger partial charge in [0.25, 0.3) is 0 Å². The van der Waals surface area contributed by atoms with Crippen LogP contribution in [0, 0.1) is 18.3 Å². The summed E-state index contributed by atoms with van der Waals surface area (Å²) in [6.07, 6.45) is 9.51. The van der Waals surface area contributed by atoms with Gasteiger partial charge in [-0.15, -0.1) is 0 Å². The first-order valence-corrected chi connectivity index (χ1v) is 8.88. The van der Waals surface area contributed by atoms with E-state index in [4.69, 9.17) is 0 Å². The van der Waals surface area contributed by atoms with Gasteiger partial charge >= 0.3 is 0 Å². The van der Waals surface area contributed by atoms with Crippen molar-refractivity contribution in [2.75, 3.05) is 0 Å². The number of hydrogen-bond donors (Lipinski definition) is 0. The van der Waals surface area contributed by atoms with Gasteiger partial charge in [-0.2, -0.15) is 0 Å². The molecule has 0 amide bonds. The number of rotatable bonds is 1. The van der Waals surface area contributed by atoms with Gasteiger partial charge in [0.05, 0.1) is 0 Å². The van der Waals surface area contributed by atoms with E-state index in [1.165, 1.54) is 25.7 Å². The highest BCUT2D eigenvalue weighted by Crippen LogP contribution is 2.51. The smallest absolute Gasteiger partial charge is 0.0476 e. The Bertz CT molecular complexity index is 160. The third-order valence-corrected chi connectivity index (χ3v) is 6.60. The molecule has 1 heteroatoms. The van der Waals surface area contributed by atoms with Crippen molar-refractivity contribution in [1.29, 1.82) is 0 Å². The van der Waals surface area contributed by atoms with Crippen LogP contribution in [0.25, 0.3) is 0 Å². The van der Waals surface area contributed by atoms with E-state index in [2.05, 4.69) is 26.1 Å². The standard InChI is InChI=1S/C11H20Si/c1-12(2,3)11-8-9-4-6-10(11)7-5-9/h9-11H,4-6,8H2,1-3H3/t9-,10+,11+/m0/s1. The molecule has 2 radical (unpaired) electrons. The first-order chi connectivity index (χ1) is 5.57. The van der Waals surface area contributed by atoms with Crippen LogP contribution in [0.15, 0.2) is 0 Å². The molecule has 0 saturated heterocycles. The van der Waals surface area contributed by atoms with E-state index in [9.17, 15) is 0 Å². The molecule has 2 bridgehead atoms. The minimum Gasteiger partial charge on any atom is -0.0693 e. The summed E-state index contributed by atoms with van der Waals surface area (Å²) in [5, 5.41) is 0. The topological polar surface area (TPSA) is 0 Å². The molecule has 3 aliphatic rings. The maximum absolute atomic E-state index is 3.71. The summed E-state index contributed by atoms with van der Waals surface area (Å²) >= 11 is 0. The van der Waals surface area contributed by atoms with Crippen LogP contribution in [0.4, 0.5) is 0 Å². The summed E-state index contributed by atoms with van der Waals surface area (Å²) < 4.78 is 0. The lowest BCUT2D eigenvalue weighted by Gasteiger charge is -2.47. The Hall–Kier alpha value is 0.217. The van der Waals surface area contributed by atoms with Crippen molar-refractivity contribution in [3.05, 3.63) is 6.42 Å². The Morgan fingerprint density at radius 3 is 2.17 bits per heavy atom. The van der Waals surface area contributed by atoms with Crippen LogP contribution in [0.2, 0.25) is 25.2 Å². The summed E-state index contributed by atoms with van der Waals surface area (Å²) in [4.78, 5) is 0. The van der Waals surface area contributed by atoms with Crippen LogP contribution in [-0.4, -0.2) is 8.07 Å². The summed E-state index contributed by atoms with van der Waals surface area (Å²) in [5.74, 6) is 1.91. The lowest BCUT2D eigenvalue weighted by Crippen LogP contribution is -2.41. The van der Waals surface area contributed by atoms with Crippen molar-refractivity contribution >= 4 is 8.07 Å². The van der Waals surface area contributed by atoms with Crippen molar-refractivity contribution in [2.45, 2.75) is 50.9 Å². The van der Waals surface area contributed by atoms with E-state index in [0.717, 1.165) is 17.4 Å². The summed E-state index contributed by atoms with van der Waals surface area (Å²) in [5.41, 5.74) is 1.06. The molecule has 12 heavy (non-hydrogen) atoms. The molecule has 0 nitrogen and oxygen atoms in total. The quantitative estimate of drug-likeness (QED) is 0.541. The molecule has 3 saturated carbocycles. The largest absolute Gasteiger partial charge is 0.0693 e. The maximum atomic E-state index is 3.71. The summed E-state index contributed by atoms with van der Waals surface area (Å²) in [6, 6.07) is 0. The van der Waals surface area contributed by atoms with Crippen molar-refractivity contribution in [1.82, 2.24) is 0 Å². The first-order valence-electron chi connectivity index (χ1n) is 5.31. The van der Waals surface area contributed by atoms with Gasteiger partial charge in [-0.3, -0.25) is 0 Å². The fourth-order valence-electron chi connectivity index (χ4n) is 2.96. The Labute approximate surface area is 77.8 Å². The lowest BCUT2D eigenvalue weighted by atomic mass is 9.70. The van der Waals surface area contributed by atoms with Gasteiger partial charge in [0.15, 0.2) is 0 Å². The molecule has 0 aromatic rings. The molecule has 0 spiro atoms. The van der Waals surface area contributed by atoms with Crippen molar-refractivity contribution in [3.63, 3.8) is 0 Å². The highest BCUT2D eigenvalue weighted by Gasteiger charge is 2.42. The Morgan fingerprint density at radius 2 is 1.92 bits per heavy atom. The predicted octanol–water partition coefficient (Wildman–Crippen LogP) is 3.60. The predicted molar refractivity (Wildman–Crippen MR) is 55.8 cm³/mol. The van der Waals surface area contributed by atoms with Crippen LogP contribution in [0.5, 0.6) is 0 Å². The Kier molecular flexibility index (Phi) is 2.10. The van der Waals surface area contributed by atoms with Crippen LogP contribution in [0.1, 0.15) is 25.7 Å². The van der Waals surface area contributed by atoms with E-state index in [1.54, 1.807) is 0 Å². The molecule has 3 atom stereocenters. The maximum Gasteiger partial charge on any atom is 0.0476 e. The second-order valence-electron chi connectivity index (χ2n) is 5.67. The molecule has 0 heterocycles. The van der Waals surface area contributed by atoms with Crippen LogP contribution < -0.4 is 0 Å². The third-order valence-electron chi connectivity index (χ3n) is 3.74. The van der Waals surface area contributed by atoms with Crippen LogP contribution in [-0.2, 0) is 0 Å². The van der Waals surface area contributed by atoms with Gasteiger partial charge in [0.2, 0.25) is 0 Å². The highest BCUT2D eigenvalue weighted by atomic mass is 28.3.